The molecule has 1 heterocycles. The van der Waals surface area contributed by atoms with Gasteiger partial charge in [-0.05, 0) is 37.8 Å². The number of aromatic nitrogens is 1. The van der Waals surface area contributed by atoms with E-state index in [1.165, 1.54) is 11.1 Å². The lowest BCUT2D eigenvalue weighted by Crippen LogP contribution is -2.14. The van der Waals surface area contributed by atoms with Gasteiger partial charge in [0.05, 0.1) is 6.42 Å². The molecule has 0 saturated heterocycles. The Kier molecular flexibility index (Phi) is 1.91. The Labute approximate surface area is 83.1 Å². The molecule has 0 unspecified atom stereocenters. The molecule has 1 fully saturated rings. The normalized spacial score (nSPS) is 18.1. The van der Waals surface area contributed by atoms with Crippen LogP contribution in [0.1, 0.15) is 36.1 Å². The number of carboxylic acid groups (broad SMARTS) is 1. The summed E-state index contributed by atoms with van der Waals surface area (Å²) in [5, 5.41) is 8.86. The quantitative estimate of drug-likeness (QED) is 0.772. The average Bonchev–Trinajstić information content (AvgIpc) is 2.73. The molecule has 3 nitrogen and oxygen atoms in total. The minimum absolute atomic E-state index is 0.0556. The predicted octanol–water partition coefficient (Wildman–Crippen LogP) is 2.14. The fourth-order valence-electron chi connectivity index (χ4n) is 2.43. The Morgan fingerprint density at radius 1 is 1.57 bits per heavy atom. The Bertz CT molecular complexity index is 355. The van der Waals surface area contributed by atoms with Crippen molar-refractivity contribution in [3.63, 3.8) is 0 Å². The summed E-state index contributed by atoms with van der Waals surface area (Å²) in [5.74, 6) is -0.692. The standard InChI is InChI=1S/C11H15NO2/c1-7-6-12-8(2)10(7)11(3-4-11)5-9(13)14/h6,12H,3-5H2,1-2H3,(H,13,14). The first-order valence-electron chi connectivity index (χ1n) is 4.92. The van der Waals surface area contributed by atoms with E-state index in [2.05, 4.69) is 4.98 Å². The van der Waals surface area contributed by atoms with Crippen LogP contribution in [0.4, 0.5) is 0 Å². The van der Waals surface area contributed by atoms with E-state index in [9.17, 15) is 4.79 Å². The number of rotatable bonds is 3. The number of hydrogen-bond donors (Lipinski definition) is 2. The van der Waals surface area contributed by atoms with Crippen molar-refractivity contribution in [2.24, 2.45) is 0 Å². The number of hydrogen-bond acceptors (Lipinski definition) is 1. The lowest BCUT2D eigenvalue weighted by Gasteiger charge is -2.13. The summed E-state index contributed by atoms with van der Waals surface area (Å²) in [5.41, 5.74) is 3.50. The number of H-pyrrole nitrogens is 1. The molecule has 0 radical (unpaired) electrons. The van der Waals surface area contributed by atoms with Crippen LogP contribution in [0.2, 0.25) is 0 Å². The van der Waals surface area contributed by atoms with Gasteiger partial charge < -0.3 is 10.1 Å². The molecule has 1 saturated carbocycles. The van der Waals surface area contributed by atoms with Gasteiger partial charge in [0.1, 0.15) is 0 Å². The molecular weight excluding hydrogens is 178 g/mol. The molecule has 1 aromatic heterocycles. The number of carboxylic acids is 1. The Morgan fingerprint density at radius 3 is 2.57 bits per heavy atom. The lowest BCUT2D eigenvalue weighted by atomic mass is 9.90. The molecule has 0 aromatic carbocycles. The highest BCUT2D eigenvalue weighted by Crippen LogP contribution is 2.53. The smallest absolute Gasteiger partial charge is 0.304 e. The van der Waals surface area contributed by atoms with Crippen LogP contribution in [-0.2, 0) is 10.2 Å². The maximum atomic E-state index is 10.8. The molecule has 2 N–H and O–H groups in total. The van der Waals surface area contributed by atoms with Gasteiger partial charge in [-0.1, -0.05) is 0 Å². The van der Waals surface area contributed by atoms with Crippen molar-refractivity contribution in [2.75, 3.05) is 0 Å². The predicted molar refractivity (Wildman–Crippen MR) is 53.4 cm³/mol. The zero-order chi connectivity index (χ0) is 10.3. The third-order valence-corrected chi connectivity index (χ3v) is 3.15. The fraction of sp³-hybridized carbons (Fsp3) is 0.545. The van der Waals surface area contributed by atoms with Crippen LogP contribution in [0.25, 0.3) is 0 Å². The molecule has 2 rings (SSSR count). The molecule has 1 aliphatic rings. The second kappa shape index (κ2) is 2.87. The second-order valence-electron chi connectivity index (χ2n) is 4.32. The van der Waals surface area contributed by atoms with E-state index in [1.807, 2.05) is 20.0 Å². The van der Waals surface area contributed by atoms with Crippen LogP contribution in [0, 0.1) is 13.8 Å². The van der Waals surface area contributed by atoms with Crippen molar-refractivity contribution in [2.45, 2.75) is 38.5 Å². The van der Waals surface area contributed by atoms with E-state index in [4.69, 9.17) is 5.11 Å². The maximum Gasteiger partial charge on any atom is 0.304 e. The van der Waals surface area contributed by atoms with Gasteiger partial charge in [-0.15, -0.1) is 0 Å². The van der Waals surface area contributed by atoms with E-state index in [0.29, 0.717) is 0 Å². The molecular formula is C11H15NO2. The number of aryl methyl sites for hydroxylation is 2. The lowest BCUT2D eigenvalue weighted by molar-refractivity contribution is -0.137. The minimum atomic E-state index is -0.692. The molecule has 0 atom stereocenters. The molecule has 0 spiro atoms. The molecule has 76 valence electrons. The number of aromatic amines is 1. The molecule has 14 heavy (non-hydrogen) atoms. The van der Waals surface area contributed by atoms with Crippen LogP contribution in [0.15, 0.2) is 6.20 Å². The van der Waals surface area contributed by atoms with Crippen molar-refractivity contribution in [1.82, 2.24) is 4.98 Å². The summed E-state index contributed by atoms with van der Waals surface area (Å²) in [4.78, 5) is 13.9. The largest absolute Gasteiger partial charge is 0.481 e. The van der Waals surface area contributed by atoms with Crippen LogP contribution in [0.3, 0.4) is 0 Å². The maximum absolute atomic E-state index is 10.8. The first kappa shape index (κ1) is 9.31. The molecule has 0 amide bonds. The van der Waals surface area contributed by atoms with Crippen molar-refractivity contribution in [1.29, 1.82) is 0 Å². The highest BCUT2D eigenvalue weighted by atomic mass is 16.4. The molecule has 0 aliphatic heterocycles. The molecule has 1 aliphatic carbocycles. The van der Waals surface area contributed by atoms with Crippen molar-refractivity contribution < 1.29 is 9.90 Å². The summed E-state index contributed by atoms with van der Waals surface area (Å²) >= 11 is 0. The van der Waals surface area contributed by atoms with Gasteiger partial charge in [0.2, 0.25) is 0 Å². The van der Waals surface area contributed by atoms with Gasteiger partial charge >= 0.3 is 5.97 Å². The van der Waals surface area contributed by atoms with Gasteiger partial charge in [-0.2, -0.15) is 0 Å². The SMILES string of the molecule is Cc1c[nH]c(C)c1C1(CC(=O)O)CC1. The summed E-state index contributed by atoms with van der Waals surface area (Å²) in [6, 6.07) is 0. The molecule has 0 bridgehead atoms. The van der Waals surface area contributed by atoms with E-state index >= 15 is 0 Å². The summed E-state index contributed by atoms with van der Waals surface area (Å²) in [6.45, 7) is 4.06. The van der Waals surface area contributed by atoms with Crippen LogP contribution < -0.4 is 0 Å². The summed E-state index contributed by atoms with van der Waals surface area (Å²) < 4.78 is 0. The number of aliphatic carboxylic acids is 1. The number of nitrogens with one attached hydrogen (secondary N) is 1. The van der Waals surface area contributed by atoms with Gasteiger partial charge in [0.15, 0.2) is 0 Å². The second-order valence-corrected chi connectivity index (χ2v) is 4.32. The van der Waals surface area contributed by atoms with E-state index in [-0.39, 0.29) is 11.8 Å². The van der Waals surface area contributed by atoms with Crippen LogP contribution in [-0.4, -0.2) is 16.1 Å². The minimum Gasteiger partial charge on any atom is -0.481 e. The van der Waals surface area contributed by atoms with Crippen LogP contribution in [0.5, 0.6) is 0 Å². The first-order chi connectivity index (χ1) is 6.55. The monoisotopic (exact) mass is 193 g/mol. The Morgan fingerprint density at radius 2 is 2.21 bits per heavy atom. The van der Waals surface area contributed by atoms with Gasteiger partial charge in [-0.25, -0.2) is 0 Å². The zero-order valence-corrected chi connectivity index (χ0v) is 8.55. The topological polar surface area (TPSA) is 53.1 Å². The van der Waals surface area contributed by atoms with Gasteiger partial charge in [-0.3, -0.25) is 4.79 Å². The van der Waals surface area contributed by atoms with Crippen molar-refractivity contribution in [3.8, 4) is 0 Å². The van der Waals surface area contributed by atoms with Crippen molar-refractivity contribution in [3.05, 3.63) is 23.0 Å². The van der Waals surface area contributed by atoms with E-state index in [0.717, 1.165) is 18.5 Å². The van der Waals surface area contributed by atoms with Gasteiger partial charge in [0, 0.05) is 17.3 Å². The fourth-order valence-corrected chi connectivity index (χ4v) is 2.43. The summed E-state index contributed by atoms with van der Waals surface area (Å²) in [7, 11) is 0. The highest BCUT2D eigenvalue weighted by Gasteiger charge is 2.48. The molecule has 3 heteroatoms. The van der Waals surface area contributed by atoms with E-state index in [1.54, 1.807) is 0 Å². The van der Waals surface area contributed by atoms with Gasteiger partial charge in [0.25, 0.3) is 0 Å². The first-order valence-corrected chi connectivity index (χ1v) is 4.92. The van der Waals surface area contributed by atoms with E-state index < -0.39 is 5.97 Å². The Hall–Kier alpha value is -1.25. The Balaban J connectivity index is 2.34. The van der Waals surface area contributed by atoms with Crippen molar-refractivity contribution >= 4 is 5.97 Å². The van der Waals surface area contributed by atoms with Crippen LogP contribution >= 0.6 is 0 Å². The summed E-state index contributed by atoms with van der Waals surface area (Å²) in [6.07, 6.45) is 4.26. The zero-order valence-electron chi connectivity index (χ0n) is 8.55. The third-order valence-electron chi connectivity index (χ3n) is 3.15. The average molecular weight is 193 g/mol. The highest BCUT2D eigenvalue weighted by molar-refractivity contribution is 5.70. The third kappa shape index (κ3) is 1.33. The molecule has 1 aromatic rings. The number of carbonyl (C=O) groups is 1.